The third-order valence-corrected chi connectivity index (χ3v) is 4.71. The van der Waals surface area contributed by atoms with E-state index in [0.29, 0.717) is 19.4 Å². The predicted molar refractivity (Wildman–Crippen MR) is 78.3 cm³/mol. The van der Waals surface area contributed by atoms with Crippen molar-refractivity contribution in [1.82, 2.24) is 4.72 Å². The molecule has 8 heteroatoms. The lowest BCUT2D eigenvalue weighted by Crippen LogP contribution is -2.28. The van der Waals surface area contributed by atoms with Crippen molar-refractivity contribution in [3.63, 3.8) is 0 Å². The molecule has 0 aromatic carbocycles. The maximum atomic E-state index is 11.7. The highest BCUT2D eigenvalue weighted by molar-refractivity contribution is 7.89. The van der Waals surface area contributed by atoms with Crippen LogP contribution < -0.4 is 4.72 Å². The molecular formula is C13H25NO6S. The van der Waals surface area contributed by atoms with Gasteiger partial charge in [-0.3, -0.25) is 9.59 Å². The minimum Gasteiger partial charge on any atom is -0.481 e. The predicted octanol–water partition coefficient (Wildman–Crippen LogP) is 1.14. The van der Waals surface area contributed by atoms with Crippen molar-refractivity contribution in [3.05, 3.63) is 0 Å². The Bertz CT molecular complexity index is 420. The number of aliphatic carboxylic acids is 1. The summed E-state index contributed by atoms with van der Waals surface area (Å²) in [5, 5.41) is 8.63. The van der Waals surface area contributed by atoms with Crippen molar-refractivity contribution in [3.8, 4) is 0 Å². The molecule has 0 radical (unpaired) electrons. The van der Waals surface area contributed by atoms with E-state index in [0.717, 1.165) is 6.42 Å². The van der Waals surface area contributed by atoms with Gasteiger partial charge in [0.15, 0.2) is 0 Å². The molecular weight excluding hydrogens is 298 g/mol. The van der Waals surface area contributed by atoms with E-state index in [9.17, 15) is 18.0 Å². The fourth-order valence-electron chi connectivity index (χ4n) is 1.88. The van der Waals surface area contributed by atoms with Gasteiger partial charge in [-0.1, -0.05) is 13.3 Å². The number of rotatable bonds is 12. The zero-order chi connectivity index (χ0) is 16.3. The molecule has 0 bridgehead atoms. The summed E-state index contributed by atoms with van der Waals surface area (Å²) in [6, 6.07) is 0. The van der Waals surface area contributed by atoms with Crippen LogP contribution in [0.1, 0.15) is 45.4 Å². The first-order chi connectivity index (χ1) is 9.80. The minimum absolute atomic E-state index is 0.0770. The second-order valence-corrected chi connectivity index (χ2v) is 6.81. The average molecular weight is 323 g/mol. The van der Waals surface area contributed by atoms with E-state index in [1.54, 1.807) is 0 Å². The van der Waals surface area contributed by atoms with Gasteiger partial charge in [-0.15, -0.1) is 0 Å². The molecule has 0 aliphatic carbocycles. The number of sulfonamides is 1. The molecule has 0 rings (SSSR count). The first kappa shape index (κ1) is 19.9. The second kappa shape index (κ2) is 10.6. The van der Waals surface area contributed by atoms with Crippen molar-refractivity contribution >= 4 is 22.0 Å². The second-order valence-electron chi connectivity index (χ2n) is 4.89. The summed E-state index contributed by atoms with van der Waals surface area (Å²) in [5.41, 5.74) is 0. The molecule has 0 amide bonds. The number of ether oxygens (including phenoxy) is 1. The highest BCUT2D eigenvalue weighted by atomic mass is 32.2. The Kier molecular flexibility index (Phi) is 9.98. The van der Waals surface area contributed by atoms with Crippen molar-refractivity contribution in [2.45, 2.75) is 45.4 Å². The Morgan fingerprint density at radius 2 is 1.90 bits per heavy atom. The molecule has 0 heterocycles. The van der Waals surface area contributed by atoms with E-state index in [1.807, 2.05) is 6.92 Å². The number of hydrogen-bond donors (Lipinski definition) is 2. The molecule has 0 saturated carbocycles. The van der Waals surface area contributed by atoms with Crippen LogP contribution in [0.25, 0.3) is 0 Å². The first-order valence-electron chi connectivity index (χ1n) is 7.06. The summed E-state index contributed by atoms with van der Waals surface area (Å²) in [6.45, 7) is 2.25. The smallest absolute Gasteiger partial charge is 0.305 e. The molecule has 0 aromatic rings. The Morgan fingerprint density at radius 1 is 1.24 bits per heavy atom. The van der Waals surface area contributed by atoms with Crippen LogP contribution in [0, 0.1) is 5.92 Å². The Balaban J connectivity index is 3.95. The van der Waals surface area contributed by atoms with Crippen molar-refractivity contribution < 1.29 is 27.9 Å². The summed E-state index contributed by atoms with van der Waals surface area (Å²) in [6.07, 6.45) is 2.38. The van der Waals surface area contributed by atoms with Gasteiger partial charge in [0.25, 0.3) is 0 Å². The molecule has 1 unspecified atom stereocenters. The van der Waals surface area contributed by atoms with Crippen LogP contribution in [0.2, 0.25) is 0 Å². The van der Waals surface area contributed by atoms with E-state index in [4.69, 9.17) is 5.11 Å². The maximum absolute atomic E-state index is 11.7. The summed E-state index contributed by atoms with van der Waals surface area (Å²) >= 11 is 0. The fraction of sp³-hybridized carbons (Fsp3) is 0.846. The highest BCUT2D eigenvalue weighted by Crippen LogP contribution is 2.14. The summed E-state index contributed by atoms with van der Waals surface area (Å²) in [7, 11) is -2.13. The normalized spacial score (nSPS) is 12.9. The van der Waals surface area contributed by atoms with Crippen molar-refractivity contribution in [1.29, 1.82) is 0 Å². The lowest BCUT2D eigenvalue weighted by molar-refractivity contribution is -0.140. The molecule has 21 heavy (non-hydrogen) atoms. The highest BCUT2D eigenvalue weighted by Gasteiger charge is 2.13. The molecule has 0 spiro atoms. The standard InChI is InChI=1S/C13H25NO6S/c1-3-11(6-7-12(15)16)8-9-14-21(18,19)10-4-5-13(17)20-2/h11,14H,3-10H2,1-2H3,(H,15,16). The van der Waals surface area contributed by atoms with Crippen LogP contribution in [0.4, 0.5) is 0 Å². The maximum Gasteiger partial charge on any atom is 0.305 e. The summed E-state index contributed by atoms with van der Waals surface area (Å²) < 4.78 is 30.3. The number of esters is 1. The Labute approximate surface area is 126 Å². The first-order valence-corrected chi connectivity index (χ1v) is 8.72. The zero-order valence-electron chi connectivity index (χ0n) is 12.6. The third kappa shape index (κ3) is 11.2. The van der Waals surface area contributed by atoms with E-state index in [-0.39, 0.29) is 30.9 Å². The monoisotopic (exact) mass is 323 g/mol. The van der Waals surface area contributed by atoms with Gasteiger partial charge in [0.1, 0.15) is 0 Å². The zero-order valence-corrected chi connectivity index (χ0v) is 13.4. The van der Waals surface area contributed by atoms with Crippen molar-refractivity contribution in [2.75, 3.05) is 19.4 Å². The van der Waals surface area contributed by atoms with Crippen LogP contribution in [0.3, 0.4) is 0 Å². The Morgan fingerprint density at radius 3 is 2.43 bits per heavy atom. The van der Waals surface area contributed by atoms with Crippen LogP contribution in [-0.2, 0) is 24.3 Å². The molecule has 1 atom stereocenters. The van der Waals surface area contributed by atoms with Crippen LogP contribution in [0.5, 0.6) is 0 Å². The largest absolute Gasteiger partial charge is 0.481 e. The lowest BCUT2D eigenvalue weighted by Gasteiger charge is -2.14. The number of hydrogen-bond acceptors (Lipinski definition) is 5. The van der Waals surface area contributed by atoms with Gasteiger partial charge in [-0.05, 0) is 25.2 Å². The number of carboxylic acids is 1. The summed E-state index contributed by atoms with van der Waals surface area (Å²) in [4.78, 5) is 21.4. The number of carboxylic acid groups (broad SMARTS) is 1. The topological polar surface area (TPSA) is 110 Å². The summed E-state index contributed by atoms with van der Waals surface area (Å²) in [5.74, 6) is -1.19. The van der Waals surface area contributed by atoms with Gasteiger partial charge in [0.05, 0.1) is 12.9 Å². The fourth-order valence-corrected chi connectivity index (χ4v) is 2.98. The molecule has 0 aromatic heterocycles. The van der Waals surface area contributed by atoms with Crippen molar-refractivity contribution in [2.24, 2.45) is 5.92 Å². The minimum atomic E-state index is -3.39. The van der Waals surface area contributed by atoms with Gasteiger partial charge in [-0.25, -0.2) is 13.1 Å². The number of carbonyl (C=O) groups is 2. The number of nitrogens with one attached hydrogen (secondary N) is 1. The Hall–Kier alpha value is -1.15. The van der Waals surface area contributed by atoms with Gasteiger partial charge in [0, 0.05) is 19.4 Å². The van der Waals surface area contributed by atoms with Crippen LogP contribution >= 0.6 is 0 Å². The molecule has 0 fully saturated rings. The molecule has 124 valence electrons. The quantitative estimate of drug-likeness (QED) is 0.521. The number of methoxy groups -OCH3 is 1. The van der Waals surface area contributed by atoms with E-state index in [2.05, 4.69) is 9.46 Å². The average Bonchev–Trinajstić information content (AvgIpc) is 2.41. The van der Waals surface area contributed by atoms with Crippen LogP contribution in [-0.4, -0.2) is 44.9 Å². The molecule has 0 aliphatic rings. The third-order valence-electron chi connectivity index (χ3n) is 3.24. The number of carbonyl (C=O) groups excluding carboxylic acids is 1. The van der Waals surface area contributed by atoms with Gasteiger partial charge in [-0.2, -0.15) is 0 Å². The van der Waals surface area contributed by atoms with Gasteiger partial charge < -0.3 is 9.84 Å². The molecule has 0 aliphatic heterocycles. The van der Waals surface area contributed by atoms with E-state index in [1.165, 1.54) is 7.11 Å². The molecule has 0 saturated heterocycles. The molecule has 7 nitrogen and oxygen atoms in total. The van der Waals surface area contributed by atoms with Crippen LogP contribution in [0.15, 0.2) is 0 Å². The lowest BCUT2D eigenvalue weighted by atomic mass is 9.97. The van der Waals surface area contributed by atoms with Gasteiger partial charge in [0.2, 0.25) is 10.0 Å². The van der Waals surface area contributed by atoms with Gasteiger partial charge >= 0.3 is 11.9 Å². The van der Waals surface area contributed by atoms with E-state index < -0.39 is 22.0 Å². The van der Waals surface area contributed by atoms with E-state index >= 15 is 0 Å². The molecule has 2 N–H and O–H groups in total. The SMILES string of the molecule is CCC(CCNS(=O)(=O)CCCC(=O)OC)CCC(=O)O.